The summed E-state index contributed by atoms with van der Waals surface area (Å²) in [4.78, 5) is 25.9. The third-order valence-electron chi connectivity index (χ3n) is 7.87. The van der Waals surface area contributed by atoms with Gasteiger partial charge in [-0.15, -0.1) is 0 Å². The Labute approximate surface area is 240 Å². The number of rotatable bonds is 10. The van der Waals surface area contributed by atoms with Crippen molar-refractivity contribution in [2.45, 2.75) is 19.3 Å². The number of aromatic nitrogens is 3. The fourth-order valence-electron chi connectivity index (χ4n) is 5.57. The van der Waals surface area contributed by atoms with Crippen LogP contribution in [0.15, 0.2) is 54.7 Å². The first-order valence-electron chi connectivity index (χ1n) is 14.3. The molecular formula is C31H37N7O3. The first-order valence-corrected chi connectivity index (χ1v) is 14.3. The molecule has 214 valence electrons. The highest BCUT2D eigenvalue weighted by Gasteiger charge is 2.20. The number of aryl methyl sites for hydroxylation is 1. The number of hydrogen-bond acceptors (Lipinski definition) is 8. The van der Waals surface area contributed by atoms with Crippen LogP contribution in [0, 0.1) is 0 Å². The number of fused-ring (bicyclic) bond motifs is 2. The number of carbonyl (C=O) groups excluding carboxylic acids is 1. The molecule has 0 spiro atoms. The van der Waals surface area contributed by atoms with Crippen LogP contribution in [0.25, 0.3) is 11.0 Å². The molecule has 1 saturated heterocycles. The molecule has 2 aromatic carbocycles. The second-order valence-corrected chi connectivity index (χ2v) is 10.6. The van der Waals surface area contributed by atoms with Gasteiger partial charge in [-0.25, -0.2) is 4.98 Å². The van der Waals surface area contributed by atoms with E-state index < -0.39 is 0 Å². The molecule has 4 heterocycles. The predicted molar refractivity (Wildman–Crippen MR) is 161 cm³/mol. The zero-order chi connectivity index (χ0) is 28.2. The summed E-state index contributed by atoms with van der Waals surface area (Å²) in [6.45, 7) is 7.16. The maximum absolute atomic E-state index is 11.9. The zero-order valence-electron chi connectivity index (χ0n) is 23.7. The van der Waals surface area contributed by atoms with Crippen LogP contribution in [0.1, 0.15) is 28.9 Å². The average Bonchev–Trinajstić information content (AvgIpc) is 3.55. The topological polar surface area (TPSA) is 96.8 Å². The average molecular weight is 556 g/mol. The number of imidazole rings is 1. The molecule has 0 saturated carbocycles. The minimum Gasteiger partial charge on any atom is -0.457 e. The Balaban J connectivity index is 1.11. The van der Waals surface area contributed by atoms with Gasteiger partial charge < -0.3 is 29.6 Å². The molecule has 1 fully saturated rings. The van der Waals surface area contributed by atoms with E-state index in [2.05, 4.69) is 43.6 Å². The van der Waals surface area contributed by atoms with Crippen LogP contribution in [0.4, 0.5) is 17.3 Å². The van der Waals surface area contributed by atoms with Gasteiger partial charge in [-0.3, -0.25) is 14.7 Å². The molecule has 0 unspecified atom stereocenters. The van der Waals surface area contributed by atoms with E-state index in [-0.39, 0.29) is 5.91 Å². The molecule has 2 N–H and O–H groups in total. The van der Waals surface area contributed by atoms with Gasteiger partial charge in [0.25, 0.3) is 5.91 Å². The van der Waals surface area contributed by atoms with Crippen LogP contribution in [0.2, 0.25) is 0 Å². The van der Waals surface area contributed by atoms with Crippen LogP contribution in [0.3, 0.4) is 0 Å². The Bertz CT molecular complexity index is 1530. The number of hydrogen-bond donors (Lipinski definition) is 2. The van der Waals surface area contributed by atoms with Crippen molar-refractivity contribution in [3.8, 4) is 11.5 Å². The van der Waals surface area contributed by atoms with E-state index >= 15 is 0 Å². The van der Waals surface area contributed by atoms with Gasteiger partial charge in [0.05, 0.1) is 24.2 Å². The number of anilines is 3. The van der Waals surface area contributed by atoms with Gasteiger partial charge in [0.15, 0.2) is 0 Å². The van der Waals surface area contributed by atoms with Crippen LogP contribution in [0.5, 0.6) is 11.5 Å². The van der Waals surface area contributed by atoms with Crippen LogP contribution in [-0.2, 0) is 18.2 Å². The minimum absolute atomic E-state index is 0.259. The molecule has 0 atom stereocenters. The molecule has 2 aromatic heterocycles. The van der Waals surface area contributed by atoms with Gasteiger partial charge >= 0.3 is 0 Å². The van der Waals surface area contributed by atoms with Crippen molar-refractivity contribution in [1.29, 1.82) is 0 Å². The Morgan fingerprint density at radius 2 is 1.83 bits per heavy atom. The lowest BCUT2D eigenvalue weighted by molar-refractivity contribution is 0.0372. The molecule has 10 nitrogen and oxygen atoms in total. The SMILES string of the molecule is CNC(=O)c1cc(Oc2ccc3c(c2)nc(Nc2ccc4c(c2)N(CCCCN2CCOCC2)CC4)n3C)ccn1. The standard InChI is InChI=1S/C31H37N7O3/c1-32-30(39)27-21-25(9-11-33-27)41-24-7-8-28-26(20-24)35-31(36(28)2)34-23-6-5-22-10-14-38(29(22)19-23)13-4-3-12-37-15-17-40-18-16-37/h5-9,11,19-21H,3-4,10,12-18H2,1-2H3,(H,32,39)(H,34,35). The van der Waals surface area contributed by atoms with Crippen molar-refractivity contribution in [3.63, 3.8) is 0 Å². The second kappa shape index (κ2) is 12.2. The maximum atomic E-state index is 11.9. The predicted octanol–water partition coefficient (Wildman–Crippen LogP) is 4.34. The van der Waals surface area contributed by atoms with Gasteiger partial charge in [0.2, 0.25) is 5.95 Å². The molecule has 6 rings (SSSR count). The third kappa shape index (κ3) is 6.13. The van der Waals surface area contributed by atoms with Crippen LogP contribution < -0.4 is 20.3 Å². The number of carbonyl (C=O) groups is 1. The first kappa shape index (κ1) is 27.0. The van der Waals surface area contributed by atoms with Crippen molar-refractivity contribution in [2.75, 3.05) is 63.2 Å². The molecule has 0 radical (unpaired) electrons. The number of pyridine rings is 1. The molecule has 1 amide bonds. The summed E-state index contributed by atoms with van der Waals surface area (Å²) >= 11 is 0. The molecule has 0 aliphatic carbocycles. The Morgan fingerprint density at radius 3 is 2.68 bits per heavy atom. The van der Waals surface area contributed by atoms with Crippen molar-refractivity contribution in [1.82, 2.24) is 24.8 Å². The fraction of sp³-hybridized carbons (Fsp3) is 0.387. The lowest BCUT2D eigenvalue weighted by Gasteiger charge is -2.27. The number of nitrogens with one attached hydrogen (secondary N) is 2. The number of benzene rings is 2. The highest BCUT2D eigenvalue weighted by atomic mass is 16.5. The van der Waals surface area contributed by atoms with E-state index in [9.17, 15) is 4.79 Å². The molecular weight excluding hydrogens is 518 g/mol. The van der Waals surface area contributed by atoms with Crippen LogP contribution >= 0.6 is 0 Å². The quantitative estimate of drug-likeness (QED) is 0.279. The third-order valence-corrected chi connectivity index (χ3v) is 7.87. The summed E-state index contributed by atoms with van der Waals surface area (Å²) < 4.78 is 13.5. The lowest BCUT2D eigenvalue weighted by atomic mass is 10.1. The highest BCUT2D eigenvalue weighted by Crippen LogP contribution is 2.33. The van der Waals surface area contributed by atoms with Crippen molar-refractivity contribution < 1.29 is 14.3 Å². The van der Waals surface area contributed by atoms with Gasteiger partial charge in [-0.2, -0.15) is 0 Å². The van der Waals surface area contributed by atoms with Crippen molar-refractivity contribution >= 4 is 34.3 Å². The van der Waals surface area contributed by atoms with E-state index in [1.54, 1.807) is 25.4 Å². The molecule has 2 aliphatic heterocycles. The van der Waals surface area contributed by atoms with Crippen molar-refractivity contribution in [3.05, 3.63) is 66.0 Å². The number of unbranched alkanes of at least 4 members (excludes halogenated alkanes) is 1. The normalized spacial score (nSPS) is 15.2. The van der Waals surface area contributed by atoms with E-state index in [0.717, 1.165) is 75.0 Å². The number of amides is 1. The molecule has 0 bridgehead atoms. The second-order valence-electron chi connectivity index (χ2n) is 10.6. The van der Waals surface area contributed by atoms with Gasteiger partial charge in [-0.1, -0.05) is 6.07 Å². The Hall–Kier alpha value is -4.15. The molecule has 2 aliphatic rings. The summed E-state index contributed by atoms with van der Waals surface area (Å²) in [5, 5.41) is 6.11. The van der Waals surface area contributed by atoms with Crippen molar-refractivity contribution in [2.24, 2.45) is 7.05 Å². The van der Waals surface area contributed by atoms with Crippen LogP contribution in [-0.4, -0.2) is 78.3 Å². The lowest BCUT2D eigenvalue weighted by Crippen LogP contribution is -2.37. The van der Waals surface area contributed by atoms with E-state index in [1.165, 1.54) is 24.1 Å². The summed E-state index contributed by atoms with van der Waals surface area (Å²) in [6.07, 6.45) is 5.06. The van der Waals surface area contributed by atoms with E-state index in [4.69, 9.17) is 14.5 Å². The maximum Gasteiger partial charge on any atom is 0.269 e. The van der Waals surface area contributed by atoms with Gasteiger partial charge in [-0.05, 0) is 61.7 Å². The summed E-state index contributed by atoms with van der Waals surface area (Å²) in [5.74, 6) is 1.68. The smallest absolute Gasteiger partial charge is 0.269 e. The number of ether oxygens (including phenoxy) is 2. The summed E-state index contributed by atoms with van der Waals surface area (Å²) in [6, 6.07) is 15.8. The molecule has 10 heteroatoms. The fourth-order valence-corrected chi connectivity index (χ4v) is 5.57. The summed E-state index contributed by atoms with van der Waals surface area (Å²) in [5.41, 5.74) is 5.86. The Morgan fingerprint density at radius 1 is 1.00 bits per heavy atom. The molecule has 4 aromatic rings. The Kier molecular flexibility index (Phi) is 8.02. The first-order chi connectivity index (χ1) is 20.1. The van der Waals surface area contributed by atoms with E-state index in [0.29, 0.717) is 17.2 Å². The summed E-state index contributed by atoms with van der Waals surface area (Å²) in [7, 11) is 3.58. The number of nitrogens with zero attached hydrogens (tertiary/aromatic N) is 5. The zero-order valence-corrected chi connectivity index (χ0v) is 23.7. The minimum atomic E-state index is -0.259. The largest absolute Gasteiger partial charge is 0.457 e. The molecule has 41 heavy (non-hydrogen) atoms. The van der Waals surface area contributed by atoms with Gasteiger partial charge in [0.1, 0.15) is 17.2 Å². The number of morpholine rings is 1. The van der Waals surface area contributed by atoms with E-state index in [1.807, 2.05) is 29.8 Å². The monoisotopic (exact) mass is 555 g/mol. The van der Waals surface area contributed by atoms with Gasteiger partial charge in [0, 0.05) is 70.0 Å². The highest BCUT2D eigenvalue weighted by molar-refractivity contribution is 5.92.